The van der Waals surface area contributed by atoms with E-state index in [9.17, 15) is 14.7 Å². The molecule has 164 valence electrons. The zero-order chi connectivity index (χ0) is 22.7. The molecule has 1 aliphatic heterocycles. The number of hydrogen-bond donors (Lipinski definition) is 1. The van der Waals surface area contributed by atoms with E-state index in [0.717, 1.165) is 5.56 Å². The molecule has 0 aromatic heterocycles. The predicted molar refractivity (Wildman–Crippen MR) is 118 cm³/mol. The van der Waals surface area contributed by atoms with Crippen LogP contribution in [0.5, 0.6) is 11.5 Å². The topological polar surface area (TPSA) is 79.3 Å². The molecule has 0 saturated carbocycles. The van der Waals surface area contributed by atoms with Gasteiger partial charge in [0.05, 0.1) is 25.8 Å². The van der Waals surface area contributed by atoms with E-state index >= 15 is 0 Å². The molecule has 1 aliphatic rings. The van der Waals surface area contributed by atoms with Crippen molar-refractivity contribution in [3.63, 3.8) is 0 Å². The number of carbonyl (C=O) groups excluding carboxylic acids is 2. The lowest BCUT2D eigenvalue weighted by Crippen LogP contribution is -2.35. The second kappa shape index (κ2) is 9.22. The number of likely N-dealkylation sites (N-methyl/N-ethyl adjacent to an activating group) is 1. The van der Waals surface area contributed by atoms with Gasteiger partial charge in [0, 0.05) is 18.7 Å². The molecule has 1 fully saturated rings. The van der Waals surface area contributed by atoms with Gasteiger partial charge in [0.25, 0.3) is 11.7 Å². The number of carbonyl (C=O) groups is 2. The Bertz CT molecular complexity index is 1030. The highest BCUT2D eigenvalue weighted by molar-refractivity contribution is 6.46. The first-order valence-corrected chi connectivity index (χ1v) is 10.0. The number of likely N-dealkylation sites (tertiary alicyclic amines) is 1. The van der Waals surface area contributed by atoms with Crippen molar-refractivity contribution in [1.29, 1.82) is 0 Å². The monoisotopic (exact) mass is 424 g/mol. The Morgan fingerprint density at radius 2 is 1.84 bits per heavy atom. The van der Waals surface area contributed by atoms with E-state index in [4.69, 9.17) is 9.47 Å². The maximum absolute atomic E-state index is 13.0. The third-order valence-corrected chi connectivity index (χ3v) is 5.41. The maximum atomic E-state index is 13.0. The number of Topliss-reactive ketones (excluding diaryl/α,β-unsaturated/α-hetero) is 1. The van der Waals surface area contributed by atoms with Crippen LogP contribution in [-0.4, -0.2) is 68.0 Å². The highest BCUT2D eigenvalue weighted by Crippen LogP contribution is 2.40. The molecule has 2 aromatic carbocycles. The van der Waals surface area contributed by atoms with Crippen LogP contribution in [0.25, 0.3) is 5.76 Å². The van der Waals surface area contributed by atoms with Crippen molar-refractivity contribution in [2.75, 3.05) is 41.4 Å². The summed E-state index contributed by atoms with van der Waals surface area (Å²) in [6.45, 7) is 2.78. The molecule has 0 radical (unpaired) electrons. The van der Waals surface area contributed by atoms with Crippen molar-refractivity contribution < 1.29 is 24.2 Å². The van der Waals surface area contributed by atoms with Gasteiger partial charge >= 0.3 is 0 Å². The molecule has 0 spiro atoms. The summed E-state index contributed by atoms with van der Waals surface area (Å²) in [5.41, 5.74) is 2.04. The molecule has 1 saturated heterocycles. The van der Waals surface area contributed by atoms with E-state index in [-0.39, 0.29) is 11.3 Å². The second-order valence-corrected chi connectivity index (χ2v) is 7.76. The third-order valence-electron chi connectivity index (χ3n) is 5.41. The van der Waals surface area contributed by atoms with Gasteiger partial charge < -0.3 is 24.4 Å². The Hall–Kier alpha value is -3.32. The maximum Gasteiger partial charge on any atom is 0.295 e. The van der Waals surface area contributed by atoms with Crippen molar-refractivity contribution >= 4 is 17.4 Å². The van der Waals surface area contributed by atoms with Crippen LogP contribution in [0.1, 0.15) is 22.7 Å². The summed E-state index contributed by atoms with van der Waals surface area (Å²) in [5, 5.41) is 11.1. The lowest BCUT2D eigenvalue weighted by molar-refractivity contribution is -0.140. The molecule has 7 nitrogen and oxygen atoms in total. The molecule has 1 unspecified atom stereocenters. The Morgan fingerprint density at radius 1 is 1.10 bits per heavy atom. The average Bonchev–Trinajstić information content (AvgIpc) is 3.01. The summed E-state index contributed by atoms with van der Waals surface area (Å²) in [4.78, 5) is 29.4. The highest BCUT2D eigenvalue weighted by atomic mass is 16.5. The molecule has 7 heteroatoms. The Labute approximate surface area is 182 Å². The molecule has 1 heterocycles. The fourth-order valence-corrected chi connectivity index (χ4v) is 3.76. The summed E-state index contributed by atoms with van der Waals surface area (Å²) < 4.78 is 10.6. The number of aliphatic hydroxyl groups is 1. The van der Waals surface area contributed by atoms with Gasteiger partial charge in [-0.05, 0) is 62.5 Å². The minimum absolute atomic E-state index is 0.0709. The first-order chi connectivity index (χ1) is 14.8. The van der Waals surface area contributed by atoms with Gasteiger partial charge in [-0.15, -0.1) is 0 Å². The average molecular weight is 424 g/mol. The Kier molecular flexibility index (Phi) is 6.65. The minimum Gasteiger partial charge on any atom is -0.507 e. The third kappa shape index (κ3) is 4.41. The van der Waals surface area contributed by atoms with E-state index in [0.29, 0.717) is 35.7 Å². The number of methoxy groups -OCH3 is 2. The molecule has 0 aliphatic carbocycles. The number of rotatable bonds is 7. The van der Waals surface area contributed by atoms with E-state index in [1.807, 2.05) is 32.0 Å². The van der Waals surface area contributed by atoms with E-state index in [2.05, 4.69) is 0 Å². The zero-order valence-electron chi connectivity index (χ0n) is 18.5. The molecule has 1 N–H and O–H groups in total. The fourth-order valence-electron chi connectivity index (χ4n) is 3.76. The second-order valence-electron chi connectivity index (χ2n) is 7.76. The smallest absolute Gasteiger partial charge is 0.295 e. The van der Waals surface area contributed by atoms with Gasteiger partial charge in [-0.25, -0.2) is 0 Å². The van der Waals surface area contributed by atoms with Crippen LogP contribution >= 0.6 is 0 Å². The van der Waals surface area contributed by atoms with Gasteiger partial charge in [0.1, 0.15) is 17.3 Å². The lowest BCUT2D eigenvalue weighted by Gasteiger charge is -2.26. The van der Waals surface area contributed by atoms with Crippen molar-refractivity contribution in [3.05, 3.63) is 64.7 Å². The van der Waals surface area contributed by atoms with Gasteiger partial charge in [-0.2, -0.15) is 0 Å². The van der Waals surface area contributed by atoms with E-state index < -0.39 is 17.7 Å². The number of amides is 1. The molecular formula is C24H28N2O5. The SMILES string of the molecule is COc1cccc(C2/C(=C(/O)c3ccc(OC)c(C)c3)C(=O)C(=O)N2CCN(C)C)c1. The first kappa shape index (κ1) is 22.4. The van der Waals surface area contributed by atoms with Crippen molar-refractivity contribution in [2.45, 2.75) is 13.0 Å². The number of benzene rings is 2. The normalized spacial score (nSPS) is 18.0. The number of ketones is 1. The summed E-state index contributed by atoms with van der Waals surface area (Å²) in [6.07, 6.45) is 0. The standard InChI is InChI=1S/C24H28N2O5/c1-15-13-17(9-10-19(15)31-5)22(27)20-21(16-7-6-8-18(14-16)30-4)26(12-11-25(2)3)24(29)23(20)28/h6-10,13-14,21,27H,11-12H2,1-5H3/b22-20-. The molecule has 31 heavy (non-hydrogen) atoms. The quantitative estimate of drug-likeness (QED) is 0.418. The van der Waals surface area contributed by atoms with Crippen molar-refractivity contribution in [3.8, 4) is 11.5 Å². The van der Waals surface area contributed by atoms with Crippen molar-refractivity contribution in [2.24, 2.45) is 0 Å². The Morgan fingerprint density at radius 3 is 2.45 bits per heavy atom. The lowest BCUT2D eigenvalue weighted by atomic mass is 9.94. The zero-order valence-corrected chi connectivity index (χ0v) is 18.5. The predicted octanol–water partition coefficient (Wildman–Crippen LogP) is 3.00. The van der Waals surface area contributed by atoms with Crippen LogP contribution in [-0.2, 0) is 9.59 Å². The van der Waals surface area contributed by atoms with Crippen LogP contribution in [0, 0.1) is 6.92 Å². The van der Waals surface area contributed by atoms with Gasteiger partial charge in [0.2, 0.25) is 0 Å². The molecular weight excluding hydrogens is 396 g/mol. The van der Waals surface area contributed by atoms with Gasteiger partial charge in [-0.3, -0.25) is 9.59 Å². The van der Waals surface area contributed by atoms with Gasteiger partial charge in [0.15, 0.2) is 0 Å². The summed E-state index contributed by atoms with van der Waals surface area (Å²) in [5.74, 6) is -0.244. The molecule has 2 aromatic rings. The molecule has 0 bridgehead atoms. The van der Waals surface area contributed by atoms with Crippen LogP contribution in [0.4, 0.5) is 0 Å². The summed E-state index contributed by atoms with van der Waals surface area (Å²) >= 11 is 0. The van der Waals surface area contributed by atoms with Crippen molar-refractivity contribution in [1.82, 2.24) is 9.80 Å². The number of aryl methyl sites for hydroxylation is 1. The van der Waals surface area contributed by atoms with Crippen LogP contribution in [0.2, 0.25) is 0 Å². The largest absolute Gasteiger partial charge is 0.507 e. The van der Waals surface area contributed by atoms with Crippen LogP contribution in [0.3, 0.4) is 0 Å². The minimum atomic E-state index is -0.711. The van der Waals surface area contributed by atoms with Crippen LogP contribution in [0.15, 0.2) is 48.0 Å². The molecule has 1 atom stereocenters. The van der Waals surface area contributed by atoms with Gasteiger partial charge in [-0.1, -0.05) is 12.1 Å². The number of hydrogen-bond acceptors (Lipinski definition) is 6. The highest BCUT2D eigenvalue weighted by Gasteiger charge is 2.46. The summed E-state index contributed by atoms with van der Waals surface area (Å²) in [6, 6.07) is 11.6. The first-order valence-electron chi connectivity index (χ1n) is 10.0. The van der Waals surface area contributed by atoms with E-state index in [1.54, 1.807) is 50.6 Å². The number of nitrogens with zero attached hydrogens (tertiary/aromatic N) is 2. The van der Waals surface area contributed by atoms with E-state index in [1.165, 1.54) is 4.90 Å². The van der Waals surface area contributed by atoms with Crippen LogP contribution < -0.4 is 9.47 Å². The fraction of sp³-hybridized carbons (Fsp3) is 0.333. The number of aliphatic hydroxyl groups excluding tert-OH is 1. The molecule has 1 amide bonds. The Balaban J connectivity index is 2.17. The molecule has 3 rings (SSSR count). The summed E-state index contributed by atoms with van der Waals surface area (Å²) in [7, 11) is 6.93. The number of ether oxygens (including phenoxy) is 2.